The van der Waals surface area contributed by atoms with Crippen LogP contribution in [0.4, 0.5) is 0 Å². The summed E-state index contributed by atoms with van der Waals surface area (Å²) in [4.78, 5) is 28.1. The highest BCUT2D eigenvalue weighted by Gasteiger charge is 2.25. The molecule has 5 heteroatoms. The summed E-state index contributed by atoms with van der Waals surface area (Å²) >= 11 is 1.66. The maximum absolute atomic E-state index is 12.9. The molecule has 0 aliphatic rings. The highest BCUT2D eigenvalue weighted by molar-refractivity contribution is 7.99. The first kappa shape index (κ1) is 21.0. The Bertz CT molecular complexity index is 749. The van der Waals surface area contributed by atoms with E-state index in [-0.39, 0.29) is 11.8 Å². The average molecular weight is 385 g/mol. The first-order valence-corrected chi connectivity index (χ1v) is 10.3. The van der Waals surface area contributed by atoms with E-state index in [1.54, 1.807) is 23.6 Å². The number of carbonyl (C=O) groups excluding carboxylic acids is 2. The molecule has 27 heavy (non-hydrogen) atoms. The van der Waals surface area contributed by atoms with Gasteiger partial charge in [-0.15, -0.1) is 11.8 Å². The van der Waals surface area contributed by atoms with E-state index in [0.717, 1.165) is 16.0 Å². The smallest absolute Gasteiger partial charge is 0.242 e. The number of thioether (sulfide) groups is 1. The quantitative estimate of drug-likeness (QED) is 0.664. The molecule has 1 N–H and O–H groups in total. The van der Waals surface area contributed by atoms with E-state index in [4.69, 9.17) is 0 Å². The molecule has 0 saturated heterocycles. The summed E-state index contributed by atoms with van der Waals surface area (Å²) in [7, 11) is 0. The topological polar surface area (TPSA) is 49.4 Å². The second-order valence-corrected chi connectivity index (χ2v) is 7.60. The van der Waals surface area contributed by atoms with Crippen LogP contribution in [0.25, 0.3) is 0 Å². The second kappa shape index (κ2) is 10.8. The van der Waals surface area contributed by atoms with Crippen molar-refractivity contribution >= 4 is 23.6 Å². The standard InChI is InChI=1S/C22H28N2O2S/c1-4-23-22(26)18(3)24(16-19-11-9-8-10-17(19)2)21(25)14-15-27-20-12-6-5-7-13-20/h5-13,18H,4,14-16H2,1-3H3,(H,23,26). The Labute approximate surface area is 166 Å². The number of aryl methyl sites for hydroxylation is 1. The van der Waals surface area contributed by atoms with E-state index in [9.17, 15) is 9.59 Å². The van der Waals surface area contributed by atoms with Crippen molar-refractivity contribution in [3.05, 3.63) is 65.7 Å². The molecule has 0 saturated carbocycles. The Morgan fingerprint density at radius 1 is 1.07 bits per heavy atom. The van der Waals surface area contributed by atoms with Crippen molar-refractivity contribution in [2.24, 2.45) is 0 Å². The summed E-state index contributed by atoms with van der Waals surface area (Å²) < 4.78 is 0. The Morgan fingerprint density at radius 3 is 2.41 bits per heavy atom. The summed E-state index contributed by atoms with van der Waals surface area (Å²) in [5, 5.41) is 2.82. The van der Waals surface area contributed by atoms with Gasteiger partial charge in [0.1, 0.15) is 6.04 Å². The number of nitrogens with one attached hydrogen (secondary N) is 1. The molecule has 0 aliphatic heterocycles. The van der Waals surface area contributed by atoms with Gasteiger partial charge in [-0.05, 0) is 44.0 Å². The number of carbonyl (C=O) groups is 2. The normalized spacial score (nSPS) is 11.7. The lowest BCUT2D eigenvalue weighted by atomic mass is 10.1. The molecule has 2 rings (SSSR count). The third kappa shape index (κ3) is 6.43. The van der Waals surface area contributed by atoms with Gasteiger partial charge in [-0.3, -0.25) is 9.59 Å². The van der Waals surface area contributed by atoms with Crippen LogP contribution in [0, 0.1) is 6.92 Å². The zero-order valence-electron chi connectivity index (χ0n) is 16.3. The minimum Gasteiger partial charge on any atom is -0.355 e. The second-order valence-electron chi connectivity index (χ2n) is 6.43. The van der Waals surface area contributed by atoms with E-state index in [1.165, 1.54) is 0 Å². The third-order valence-electron chi connectivity index (χ3n) is 4.45. The minimum atomic E-state index is -0.501. The summed E-state index contributed by atoms with van der Waals surface area (Å²) in [6.07, 6.45) is 0.398. The molecule has 1 atom stereocenters. The van der Waals surface area contributed by atoms with Gasteiger partial charge < -0.3 is 10.2 Å². The Balaban J connectivity index is 2.06. The first-order valence-electron chi connectivity index (χ1n) is 9.32. The minimum absolute atomic E-state index is 0.000405. The summed E-state index contributed by atoms with van der Waals surface area (Å²) in [6.45, 7) is 6.71. The summed E-state index contributed by atoms with van der Waals surface area (Å²) in [6, 6.07) is 17.5. The number of nitrogens with zero attached hydrogens (tertiary/aromatic N) is 1. The predicted octanol–water partition coefficient (Wildman–Crippen LogP) is 4.03. The number of hydrogen-bond acceptors (Lipinski definition) is 3. The summed E-state index contributed by atoms with van der Waals surface area (Å²) in [5.74, 6) is 0.575. The molecule has 4 nitrogen and oxygen atoms in total. The first-order chi connectivity index (χ1) is 13.0. The van der Waals surface area contributed by atoms with Crippen molar-refractivity contribution in [1.82, 2.24) is 10.2 Å². The highest BCUT2D eigenvalue weighted by atomic mass is 32.2. The fourth-order valence-corrected chi connectivity index (χ4v) is 3.65. The zero-order chi connectivity index (χ0) is 19.6. The van der Waals surface area contributed by atoms with E-state index in [2.05, 4.69) is 5.32 Å². The fourth-order valence-electron chi connectivity index (χ4n) is 2.79. The molecular weight excluding hydrogens is 356 g/mol. The lowest BCUT2D eigenvalue weighted by molar-refractivity contribution is -0.140. The predicted molar refractivity (Wildman–Crippen MR) is 112 cm³/mol. The van der Waals surface area contributed by atoms with E-state index < -0.39 is 6.04 Å². The SMILES string of the molecule is CCNC(=O)C(C)N(Cc1ccccc1C)C(=O)CCSc1ccccc1. The fraction of sp³-hybridized carbons (Fsp3) is 0.364. The highest BCUT2D eigenvalue weighted by Crippen LogP contribution is 2.20. The molecule has 0 spiro atoms. The molecule has 2 aromatic rings. The molecule has 0 fully saturated rings. The number of rotatable bonds is 9. The van der Waals surface area contributed by atoms with Crippen molar-refractivity contribution in [2.45, 2.75) is 44.7 Å². The molecule has 0 radical (unpaired) electrons. The van der Waals surface area contributed by atoms with Crippen LogP contribution in [0.1, 0.15) is 31.4 Å². The molecule has 2 amide bonds. The van der Waals surface area contributed by atoms with E-state index in [1.807, 2.05) is 68.4 Å². The molecule has 0 bridgehead atoms. The molecule has 2 aromatic carbocycles. The van der Waals surface area contributed by atoms with Crippen LogP contribution in [-0.4, -0.2) is 35.1 Å². The Kier molecular flexibility index (Phi) is 8.40. The lowest BCUT2D eigenvalue weighted by Gasteiger charge is -2.29. The van der Waals surface area contributed by atoms with Gasteiger partial charge in [-0.1, -0.05) is 42.5 Å². The van der Waals surface area contributed by atoms with Gasteiger partial charge in [0.05, 0.1) is 0 Å². The average Bonchev–Trinajstić information content (AvgIpc) is 2.67. The molecule has 144 valence electrons. The largest absolute Gasteiger partial charge is 0.355 e. The van der Waals surface area contributed by atoms with E-state index >= 15 is 0 Å². The van der Waals surface area contributed by atoms with Crippen LogP contribution >= 0.6 is 11.8 Å². The monoisotopic (exact) mass is 384 g/mol. The molecule has 1 unspecified atom stereocenters. The van der Waals surface area contributed by atoms with Gasteiger partial charge >= 0.3 is 0 Å². The Hall–Kier alpha value is -2.27. The third-order valence-corrected chi connectivity index (χ3v) is 5.46. The van der Waals surface area contributed by atoms with Crippen LogP contribution in [0.3, 0.4) is 0 Å². The van der Waals surface area contributed by atoms with Gasteiger partial charge in [0.25, 0.3) is 0 Å². The maximum atomic E-state index is 12.9. The molecule has 0 aliphatic carbocycles. The number of benzene rings is 2. The number of hydrogen-bond donors (Lipinski definition) is 1. The zero-order valence-corrected chi connectivity index (χ0v) is 17.1. The molecule has 0 heterocycles. The van der Waals surface area contributed by atoms with Gasteiger partial charge in [-0.25, -0.2) is 0 Å². The van der Waals surface area contributed by atoms with E-state index in [0.29, 0.717) is 25.3 Å². The van der Waals surface area contributed by atoms with Crippen LogP contribution in [0.15, 0.2) is 59.5 Å². The van der Waals surface area contributed by atoms with Crippen LogP contribution in [0.2, 0.25) is 0 Å². The van der Waals surface area contributed by atoms with Crippen LogP contribution in [0.5, 0.6) is 0 Å². The van der Waals surface area contributed by atoms with Crippen molar-refractivity contribution in [3.8, 4) is 0 Å². The van der Waals surface area contributed by atoms with Gasteiger partial charge in [-0.2, -0.15) is 0 Å². The maximum Gasteiger partial charge on any atom is 0.242 e. The molecule has 0 aromatic heterocycles. The van der Waals surface area contributed by atoms with Gasteiger partial charge in [0.2, 0.25) is 11.8 Å². The van der Waals surface area contributed by atoms with Crippen molar-refractivity contribution in [1.29, 1.82) is 0 Å². The Morgan fingerprint density at radius 2 is 1.74 bits per heavy atom. The summed E-state index contributed by atoms with van der Waals surface area (Å²) in [5.41, 5.74) is 2.19. The van der Waals surface area contributed by atoms with Gasteiger partial charge in [0.15, 0.2) is 0 Å². The van der Waals surface area contributed by atoms with Crippen LogP contribution < -0.4 is 5.32 Å². The lowest BCUT2D eigenvalue weighted by Crippen LogP contribution is -2.47. The number of likely N-dealkylation sites (N-methyl/N-ethyl adjacent to an activating group) is 1. The van der Waals surface area contributed by atoms with Gasteiger partial charge in [0, 0.05) is 30.2 Å². The van der Waals surface area contributed by atoms with Crippen molar-refractivity contribution in [3.63, 3.8) is 0 Å². The van der Waals surface area contributed by atoms with Crippen LogP contribution in [-0.2, 0) is 16.1 Å². The van der Waals surface area contributed by atoms with Crippen molar-refractivity contribution < 1.29 is 9.59 Å². The molecular formula is C22H28N2O2S. The van der Waals surface area contributed by atoms with Crippen molar-refractivity contribution in [2.75, 3.05) is 12.3 Å². The number of amides is 2.